The lowest BCUT2D eigenvalue weighted by molar-refractivity contribution is 0.0782. The van der Waals surface area contributed by atoms with Crippen molar-refractivity contribution in [3.8, 4) is 0 Å². The largest absolute Gasteiger partial charge is 0.316 e. The Balaban J connectivity index is 1.94. The van der Waals surface area contributed by atoms with Gasteiger partial charge in [-0.05, 0) is 19.0 Å². The third-order valence-corrected chi connectivity index (χ3v) is 4.54. The monoisotopic (exact) mass is 267 g/mol. The van der Waals surface area contributed by atoms with Crippen LogP contribution in [-0.4, -0.2) is 29.2 Å². The molecule has 100 valence electrons. The van der Waals surface area contributed by atoms with Gasteiger partial charge in [0.1, 0.15) is 5.52 Å². The second-order valence-electron chi connectivity index (χ2n) is 5.35. The van der Waals surface area contributed by atoms with Crippen molar-refractivity contribution in [3.63, 3.8) is 0 Å². The summed E-state index contributed by atoms with van der Waals surface area (Å²) < 4.78 is 41.9. The van der Waals surface area contributed by atoms with Crippen LogP contribution in [0, 0.1) is 11.7 Å². The van der Waals surface area contributed by atoms with E-state index in [1.165, 1.54) is 12.1 Å². The van der Waals surface area contributed by atoms with Crippen molar-refractivity contribution in [2.24, 2.45) is 5.92 Å². The molecule has 1 saturated heterocycles. The van der Waals surface area contributed by atoms with E-state index < -0.39 is 23.1 Å². The second kappa shape index (κ2) is 3.30. The number of nitrogens with zero attached hydrogens (tertiary/aromatic N) is 1. The SMILES string of the molecule is Fc1cccc2c(C34CNCCC3C4(F)F)[nH]nc12. The van der Waals surface area contributed by atoms with Gasteiger partial charge in [0.25, 0.3) is 5.92 Å². The first kappa shape index (κ1) is 11.3. The number of fused-ring (bicyclic) bond motifs is 2. The van der Waals surface area contributed by atoms with E-state index in [1.54, 1.807) is 6.07 Å². The summed E-state index contributed by atoms with van der Waals surface area (Å²) in [5, 5.41) is 10.0. The molecule has 0 radical (unpaired) electrons. The maximum atomic E-state index is 14.2. The topological polar surface area (TPSA) is 40.7 Å². The highest BCUT2D eigenvalue weighted by Gasteiger charge is 2.82. The number of benzene rings is 1. The average molecular weight is 267 g/mol. The van der Waals surface area contributed by atoms with Crippen LogP contribution < -0.4 is 5.32 Å². The maximum absolute atomic E-state index is 14.2. The highest BCUT2D eigenvalue weighted by Crippen LogP contribution is 2.69. The van der Waals surface area contributed by atoms with Gasteiger partial charge in [-0.1, -0.05) is 12.1 Å². The van der Waals surface area contributed by atoms with Gasteiger partial charge in [0, 0.05) is 17.8 Å². The first-order valence-electron chi connectivity index (χ1n) is 6.30. The molecule has 4 rings (SSSR count). The van der Waals surface area contributed by atoms with E-state index in [2.05, 4.69) is 15.5 Å². The summed E-state index contributed by atoms with van der Waals surface area (Å²) in [6.07, 6.45) is 0.433. The number of hydrogen-bond donors (Lipinski definition) is 2. The summed E-state index contributed by atoms with van der Waals surface area (Å²) in [5.41, 5.74) is -0.739. The Morgan fingerprint density at radius 1 is 1.32 bits per heavy atom. The van der Waals surface area contributed by atoms with E-state index in [1.807, 2.05) is 0 Å². The van der Waals surface area contributed by atoms with Gasteiger partial charge >= 0.3 is 0 Å². The molecular formula is C13H12F3N3. The normalized spacial score (nSPS) is 32.3. The molecule has 2 aromatic rings. The number of para-hydroxylation sites is 1. The molecule has 2 N–H and O–H groups in total. The Morgan fingerprint density at radius 2 is 2.16 bits per heavy atom. The Bertz CT molecular complexity index is 666. The van der Waals surface area contributed by atoms with Gasteiger partial charge in [-0.15, -0.1) is 0 Å². The molecular weight excluding hydrogens is 255 g/mol. The van der Waals surface area contributed by atoms with Gasteiger partial charge in [0.05, 0.1) is 11.1 Å². The number of aromatic nitrogens is 2. The Kier molecular flexibility index (Phi) is 1.96. The van der Waals surface area contributed by atoms with E-state index in [0.29, 0.717) is 24.0 Å². The third kappa shape index (κ3) is 1.16. The van der Waals surface area contributed by atoms with Crippen LogP contribution in [0.2, 0.25) is 0 Å². The van der Waals surface area contributed by atoms with Crippen LogP contribution in [-0.2, 0) is 5.41 Å². The van der Waals surface area contributed by atoms with E-state index in [9.17, 15) is 13.2 Å². The van der Waals surface area contributed by atoms with Crippen LogP contribution in [0.25, 0.3) is 10.9 Å². The molecule has 2 heterocycles. The van der Waals surface area contributed by atoms with Crippen LogP contribution in [0.15, 0.2) is 18.2 Å². The van der Waals surface area contributed by atoms with Crippen LogP contribution in [0.3, 0.4) is 0 Å². The minimum Gasteiger partial charge on any atom is -0.316 e. The second-order valence-corrected chi connectivity index (χ2v) is 5.35. The van der Waals surface area contributed by atoms with Gasteiger partial charge in [-0.2, -0.15) is 5.10 Å². The number of piperidine rings is 1. The fourth-order valence-corrected chi connectivity index (χ4v) is 3.51. The Morgan fingerprint density at radius 3 is 2.95 bits per heavy atom. The van der Waals surface area contributed by atoms with Crippen molar-refractivity contribution < 1.29 is 13.2 Å². The van der Waals surface area contributed by atoms with Gasteiger partial charge in [0.2, 0.25) is 0 Å². The number of halogens is 3. The van der Waals surface area contributed by atoms with Crippen molar-refractivity contribution in [2.45, 2.75) is 17.8 Å². The lowest BCUT2D eigenvalue weighted by atomic mass is 9.92. The minimum atomic E-state index is -2.75. The zero-order valence-electron chi connectivity index (χ0n) is 10.0. The summed E-state index contributed by atoms with van der Waals surface area (Å²) in [6.45, 7) is 0.806. The van der Waals surface area contributed by atoms with Gasteiger partial charge in [-0.3, -0.25) is 5.10 Å². The number of hydrogen-bond acceptors (Lipinski definition) is 2. The third-order valence-electron chi connectivity index (χ3n) is 4.54. The number of alkyl halides is 2. The van der Waals surface area contributed by atoms with Crippen molar-refractivity contribution >= 4 is 10.9 Å². The van der Waals surface area contributed by atoms with Crippen molar-refractivity contribution in [2.75, 3.05) is 13.1 Å². The van der Waals surface area contributed by atoms with E-state index in [-0.39, 0.29) is 12.1 Å². The molecule has 1 aliphatic heterocycles. The zero-order valence-corrected chi connectivity index (χ0v) is 10.0. The molecule has 2 unspecified atom stereocenters. The molecule has 0 spiro atoms. The standard InChI is InChI=1S/C13H12F3N3/c14-8-3-1-2-7-10(8)18-19-11(7)12-6-17-5-4-9(12)13(12,15)16/h1-3,9,17H,4-6H2,(H,18,19). The lowest BCUT2D eigenvalue weighted by Crippen LogP contribution is -2.36. The molecule has 2 atom stereocenters. The number of nitrogens with one attached hydrogen (secondary N) is 2. The fraction of sp³-hybridized carbons (Fsp3) is 0.462. The first-order chi connectivity index (χ1) is 9.09. The predicted octanol–water partition coefficient (Wildman–Crippen LogP) is 2.20. The van der Waals surface area contributed by atoms with Gasteiger partial charge in [0.15, 0.2) is 5.82 Å². The average Bonchev–Trinajstić information content (AvgIpc) is 2.75. The van der Waals surface area contributed by atoms with Crippen LogP contribution >= 0.6 is 0 Å². The smallest absolute Gasteiger partial charge is 0.264 e. The van der Waals surface area contributed by atoms with Crippen LogP contribution in [0.1, 0.15) is 12.1 Å². The molecule has 0 amide bonds. The molecule has 1 aliphatic carbocycles. The van der Waals surface area contributed by atoms with E-state index >= 15 is 0 Å². The highest BCUT2D eigenvalue weighted by atomic mass is 19.3. The van der Waals surface area contributed by atoms with Crippen molar-refractivity contribution in [1.29, 1.82) is 0 Å². The van der Waals surface area contributed by atoms with E-state index in [0.717, 1.165) is 0 Å². The van der Waals surface area contributed by atoms with Crippen molar-refractivity contribution in [3.05, 3.63) is 29.7 Å². The van der Waals surface area contributed by atoms with Gasteiger partial charge in [-0.25, -0.2) is 13.2 Å². The maximum Gasteiger partial charge on any atom is 0.264 e. The Hall–Kier alpha value is -1.56. The fourth-order valence-electron chi connectivity index (χ4n) is 3.51. The quantitative estimate of drug-likeness (QED) is 0.831. The zero-order chi connectivity index (χ0) is 13.3. The number of rotatable bonds is 1. The summed E-state index contributed by atoms with van der Waals surface area (Å²) in [5.74, 6) is -3.91. The van der Waals surface area contributed by atoms with Gasteiger partial charge < -0.3 is 5.32 Å². The molecule has 1 saturated carbocycles. The predicted molar refractivity (Wildman–Crippen MR) is 63.7 cm³/mol. The molecule has 2 fully saturated rings. The summed E-state index contributed by atoms with van der Waals surface area (Å²) in [4.78, 5) is 0. The Labute approximate surface area is 107 Å². The molecule has 1 aromatic heterocycles. The van der Waals surface area contributed by atoms with Crippen LogP contribution in [0.5, 0.6) is 0 Å². The number of H-pyrrole nitrogens is 1. The van der Waals surface area contributed by atoms with E-state index in [4.69, 9.17) is 0 Å². The van der Waals surface area contributed by atoms with Crippen LogP contribution in [0.4, 0.5) is 13.2 Å². The number of aromatic amines is 1. The summed E-state index contributed by atoms with van der Waals surface area (Å²) in [7, 11) is 0. The molecule has 6 heteroatoms. The minimum absolute atomic E-state index is 0.138. The highest BCUT2D eigenvalue weighted by molar-refractivity contribution is 5.84. The summed E-state index contributed by atoms with van der Waals surface area (Å²) >= 11 is 0. The summed E-state index contributed by atoms with van der Waals surface area (Å²) in [6, 6.07) is 4.46. The van der Waals surface area contributed by atoms with Crippen molar-refractivity contribution in [1.82, 2.24) is 15.5 Å². The molecule has 2 aliphatic rings. The first-order valence-corrected chi connectivity index (χ1v) is 6.30. The molecule has 0 bridgehead atoms. The molecule has 3 nitrogen and oxygen atoms in total. The molecule has 19 heavy (non-hydrogen) atoms. The molecule has 1 aromatic carbocycles. The lowest BCUT2D eigenvalue weighted by Gasteiger charge is -2.20.